The average Bonchev–Trinajstić information content (AvgIpc) is 2.90. The van der Waals surface area contributed by atoms with Crippen LogP contribution < -0.4 is 0 Å². The fourth-order valence-electron chi connectivity index (χ4n) is 2.07. The largest absolute Gasteiger partial charge is 0.475 e. The minimum atomic E-state index is 0.126. The van der Waals surface area contributed by atoms with Crippen LogP contribution in [-0.2, 0) is 4.74 Å². The van der Waals surface area contributed by atoms with Crippen LogP contribution in [0.15, 0.2) is 59.6 Å². The number of ether oxygens (including phenoxy) is 1. The molecule has 90 valence electrons. The lowest BCUT2D eigenvalue weighted by Gasteiger charge is -2.04. The number of hydrogen-bond acceptors (Lipinski definition) is 2. The molecule has 1 aliphatic rings. The van der Waals surface area contributed by atoms with Gasteiger partial charge >= 0.3 is 0 Å². The second kappa shape index (κ2) is 4.65. The number of aryl methyl sites for hydroxylation is 1. The molecule has 3 rings (SSSR count). The molecule has 0 spiro atoms. The molecule has 2 heteroatoms. The van der Waals surface area contributed by atoms with Crippen molar-refractivity contribution >= 4 is 5.90 Å². The van der Waals surface area contributed by atoms with E-state index in [4.69, 9.17) is 4.74 Å². The summed E-state index contributed by atoms with van der Waals surface area (Å²) in [6.45, 7) is 2.72. The van der Waals surface area contributed by atoms with E-state index in [1.165, 1.54) is 11.1 Å². The van der Waals surface area contributed by atoms with Gasteiger partial charge in [-0.3, -0.25) is 0 Å². The van der Waals surface area contributed by atoms with E-state index in [1.807, 2.05) is 30.3 Å². The van der Waals surface area contributed by atoms with Gasteiger partial charge in [0.15, 0.2) is 0 Å². The van der Waals surface area contributed by atoms with Crippen LogP contribution in [0.2, 0.25) is 0 Å². The minimum Gasteiger partial charge on any atom is -0.475 e. The van der Waals surface area contributed by atoms with E-state index >= 15 is 0 Å². The molecule has 0 saturated heterocycles. The van der Waals surface area contributed by atoms with E-state index in [1.54, 1.807) is 0 Å². The van der Waals surface area contributed by atoms with Gasteiger partial charge in [0.25, 0.3) is 0 Å². The lowest BCUT2D eigenvalue weighted by atomic mass is 10.1. The minimum absolute atomic E-state index is 0.126. The normalized spacial score (nSPS) is 18.3. The zero-order valence-electron chi connectivity index (χ0n) is 10.3. The van der Waals surface area contributed by atoms with E-state index in [0.29, 0.717) is 6.61 Å². The Labute approximate surface area is 107 Å². The molecule has 0 bridgehead atoms. The Morgan fingerprint density at radius 1 is 1.00 bits per heavy atom. The molecule has 0 N–H and O–H groups in total. The van der Waals surface area contributed by atoms with Crippen LogP contribution in [0.25, 0.3) is 0 Å². The fourth-order valence-corrected chi connectivity index (χ4v) is 2.07. The van der Waals surface area contributed by atoms with Crippen molar-refractivity contribution in [2.45, 2.75) is 13.0 Å². The lowest BCUT2D eigenvalue weighted by molar-refractivity contribution is 0.320. The summed E-state index contributed by atoms with van der Waals surface area (Å²) < 4.78 is 5.69. The highest BCUT2D eigenvalue weighted by Crippen LogP contribution is 2.25. The first-order valence-electron chi connectivity index (χ1n) is 6.15. The molecule has 1 heterocycles. The quantitative estimate of drug-likeness (QED) is 0.783. The van der Waals surface area contributed by atoms with Crippen molar-refractivity contribution in [1.82, 2.24) is 0 Å². The number of benzene rings is 2. The van der Waals surface area contributed by atoms with Crippen molar-refractivity contribution in [3.8, 4) is 0 Å². The second-order valence-corrected chi connectivity index (χ2v) is 4.54. The zero-order valence-corrected chi connectivity index (χ0v) is 10.3. The van der Waals surface area contributed by atoms with Gasteiger partial charge in [0, 0.05) is 5.56 Å². The van der Waals surface area contributed by atoms with E-state index in [-0.39, 0.29) is 6.04 Å². The van der Waals surface area contributed by atoms with Gasteiger partial charge in [-0.25, -0.2) is 4.99 Å². The first-order valence-corrected chi connectivity index (χ1v) is 6.15. The Kier molecular flexibility index (Phi) is 2.85. The first kappa shape index (κ1) is 11.0. The summed E-state index contributed by atoms with van der Waals surface area (Å²) in [5.41, 5.74) is 3.53. The van der Waals surface area contributed by atoms with E-state index in [2.05, 4.69) is 36.2 Å². The molecular formula is C16H15NO. The highest BCUT2D eigenvalue weighted by Gasteiger charge is 2.21. The van der Waals surface area contributed by atoms with Gasteiger partial charge in [0.1, 0.15) is 12.6 Å². The molecule has 0 amide bonds. The van der Waals surface area contributed by atoms with Crippen LogP contribution in [0.4, 0.5) is 0 Å². The van der Waals surface area contributed by atoms with Crippen molar-refractivity contribution in [2.75, 3.05) is 6.61 Å². The number of rotatable bonds is 2. The van der Waals surface area contributed by atoms with Gasteiger partial charge in [0.2, 0.25) is 5.90 Å². The standard InChI is InChI=1S/C16H15NO/c1-12-7-9-13(10-8-12)15-11-18-16(17-15)14-5-3-2-4-6-14/h2-10,15H,11H2,1H3. The van der Waals surface area contributed by atoms with Crippen molar-refractivity contribution in [3.05, 3.63) is 71.3 Å². The maximum atomic E-state index is 5.69. The zero-order chi connectivity index (χ0) is 12.4. The summed E-state index contributed by atoms with van der Waals surface area (Å²) in [5, 5.41) is 0. The molecule has 0 saturated carbocycles. The third-order valence-electron chi connectivity index (χ3n) is 3.13. The maximum Gasteiger partial charge on any atom is 0.216 e. The summed E-state index contributed by atoms with van der Waals surface area (Å²) >= 11 is 0. The molecule has 0 aromatic heterocycles. The van der Waals surface area contributed by atoms with E-state index < -0.39 is 0 Å². The van der Waals surface area contributed by atoms with E-state index in [9.17, 15) is 0 Å². The van der Waals surface area contributed by atoms with Crippen molar-refractivity contribution in [2.24, 2.45) is 4.99 Å². The van der Waals surface area contributed by atoms with Crippen LogP contribution in [0.3, 0.4) is 0 Å². The maximum absolute atomic E-state index is 5.69. The van der Waals surface area contributed by atoms with Crippen LogP contribution in [-0.4, -0.2) is 12.5 Å². The molecule has 0 fully saturated rings. The smallest absolute Gasteiger partial charge is 0.216 e. The molecule has 18 heavy (non-hydrogen) atoms. The molecule has 0 radical (unpaired) electrons. The average molecular weight is 237 g/mol. The fraction of sp³-hybridized carbons (Fsp3) is 0.188. The van der Waals surface area contributed by atoms with Crippen LogP contribution in [0.5, 0.6) is 0 Å². The van der Waals surface area contributed by atoms with Gasteiger partial charge in [-0.1, -0.05) is 48.0 Å². The predicted octanol–water partition coefficient (Wildman–Crippen LogP) is 3.51. The molecule has 2 aromatic carbocycles. The monoisotopic (exact) mass is 237 g/mol. The number of nitrogens with zero attached hydrogens (tertiary/aromatic N) is 1. The van der Waals surface area contributed by atoms with Crippen molar-refractivity contribution in [3.63, 3.8) is 0 Å². The third-order valence-corrected chi connectivity index (χ3v) is 3.13. The van der Waals surface area contributed by atoms with Gasteiger partial charge in [-0.15, -0.1) is 0 Å². The van der Waals surface area contributed by atoms with Gasteiger partial charge < -0.3 is 4.74 Å². The molecule has 1 unspecified atom stereocenters. The number of aliphatic imine (C=N–C) groups is 1. The van der Waals surface area contributed by atoms with Crippen LogP contribution in [0.1, 0.15) is 22.7 Å². The van der Waals surface area contributed by atoms with Crippen LogP contribution in [0, 0.1) is 6.92 Å². The summed E-state index contributed by atoms with van der Waals surface area (Å²) in [4.78, 5) is 4.65. The summed E-state index contributed by atoms with van der Waals surface area (Å²) in [6, 6.07) is 18.7. The number of hydrogen-bond donors (Lipinski definition) is 0. The lowest BCUT2D eigenvalue weighted by Crippen LogP contribution is -2.00. The first-order chi connectivity index (χ1) is 8.83. The molecule has 2 nitrogen and oxygen atoms in total. The third kappa shape index (κ3) is 2.14. The Morgan fingerprint density at radius 3 is 2.44 bits per heavy atom. The molecular weight excluding hydrogens is 222 g/mol. The highest BCUT2D eigenvalue weighted by molar-refractivity contribution is 5.95. The highest BCUT2D eigenvalue weighted by atomic mass is 16.5. The summed E-state index contributed by atoms with van der Waals surface area (Å²) in [6.07, 6.45) is 0. The van der Waals surface area contributed by atoms with Gasteiger partial charge in [-0.2, -0.15) is 0 Å². The Balaban J connectivity index is 1.85. The molecule has 1 aliphatic heterocycles. The van der Waals surface area contributed by atoms with Gasteiger partial charge in [0.05, 0.1) is 0 Å². The second-order valence-electron chi connectivity index (χ2n) is 4.54. The summed E-state index contributed by atoms with van der Waals surface area (Å²) in [7, 11) is 0. The molecule has 1 atom stereocenters. The Morgan fingerprint density at radius 2 is 1.72 bits per heavy atom. The molecule has 0 aliphatic carbocycles. The van der Waals surface area contributed by atoms with Crippen molar-refractivity contribution in [1.29, 1.82) is 0 Å². The van der Waals surface area contributed by atoms with Gasteiger partial charge in [-0.05, 0) is 24.6 Å². The summed E-state index contributed by atoms with van der Waals surface area (Å²) in [5.74, 6) is 0.751. The Bertz CT molecular complexity index is 557. The predicted molar refractivity (Wildman–Crippen MR) is 72.9 cm³/mol. The van der Waals surface area contributed by atoms with E-state index in [0.717, 1.165) is 11.5 Å². The molecule has 2 aromatic rings. The van der Waals surface area contributed by atoms with Crippen LogP contribution >= 0.6 is 0 Å². The SMILES string of the molecule is Cc1ccc(C2COC(c3ccccc3)=N2)cc1. The Hall–Kier alpha value is -2.09. The van der Waals surface area contributed by atoms with Crippen molar-refractivity contribution < 1.29 is 4.74 Å². The topological polar surface area (TPSA) is 21.6 Å².